The summed E-state index contributed by atoms with van der Waals surface area (Å²) in [5.41, 5.74) is 6.42. The smallest absolute Gasteiger partial charge is 0.225 e. The van der Waals surface area contributed by atoms with E-state index >= 15 is 0 Å². The second-order valence-electron chi connectivity index (χ2n) is 9.84. The number of carbonyl (C=O) groups excluding carboxylic acids is 1. The number of nitrogens with zero attached hydrogens (tertiary/aromatic N) is 3. The van der Waals surface area contributed by atoms with Gasteiger partial charge in [-0.2, -0.15) is 0 Å². The van der Waals surface area contributed by atoms with Crippen molar-refractivity contribution in [2.24, 2.45) is 11.8 Å². The van der Waals surface area contributed by atoms with Crippen molar-refractivity contribution in [1.82, 2.24) is 14.5 Å². The molecule has 1 amide bonds. The average molecular weight is 454 g/mol. The highest BCUT2D eigenvalue weighted by Gasteiger charge is 2.36. The molecular formula is C29H28FN3O. The van der Waals surface area contributed by atoms with Crippen molar-refractivity contribution in [2.45, 2.75) is 32.7 Å². The molecule has 6 rings (SSSR count). The maximum absolute atomic E-state index is 13.3. The van der Waals surface area contributed by atoms with Gasteiger partial charge in [0, 0.05) is 31.1 Å². The summed E-state index contributed by atoms with van der Waals surface area (Å²) in [4.78, 5) is 19.6. The molecule has 1 aliphatic carbocycles. The molecule has 1 aromatic heterocycles. The summed E-state index contributed by atoms with van der Waals surface area (Å²) in [6, 6.07) is 21.4. The van der Waals surface area contributed by atoms with Crippen molar-refractivity contribution in [3.63, 3.8) is 0 Å². The van der Waals surface area contributed by atoms with Crippen LogP contribution in [-0.4, -0.2) is 33.4 Å². The zero-order valence-electron chi connectivity index (χ0n) is 19.4. The number of aromatic nitrogens is 2. The van der Waals surface area contributed by atoms with E-state index in [1.807, 2.05) is 0 Å². The lowest BCUT2D eigenvalue weighted by molar-refractivity contribution is -0.131. The largest absolute Gasteiger partial charge is 0.342 e. The molecule has 0 bridgehead atoms. The van der Waals surface area contributed by atoms with Gasteiger partial charge in [-0.15, -0.1) is 0 Å². The minimum Gasteiger partial charge on any atom is -0.342 e. The Morgan fingerprint density at radius 3 is 2.32 bits per heavy atom. The first-order valence-corrected chi connectivity index (χ1v) is 12.2. The highest BCUT2D eigenvalue weighted by molar-refractivity contribution is 5.82. The SMILES string of the molecule is Cc1ccc2c(c1)nc(-c1ccc(-c3ccc(F)cc3)cc1)n2CC1CCN(C(=O)C2CC2)C1. The molecule has 1 atom stereocenters. The van der Waals surface area contributed by atoms with Crippen LogP contribution >= 0.6 is 0 Å². The third-order valence-corrected chi connectivity index (χ3v) is 7.19. The van der Waals surface area contributed by atoms with Gasteiger partial charge in [0.25, 0.3) is 0 Å². The van der Waals surface area contributed by atoms with Crippen molar-refractivity contribution in [1.29, 1.82) is 0 Å². The topological polar surface area (TPSA) is 38.1 Å². The van der Waals surface area contributed by atoms with E-state index in [0.29, 0.717) is 11.8 Å². The van der Waals surface area contributed by atoms with E-state index in [1.165, 1.54) is 17.7 Å². The molecule has 2 aliphatic rings. The number of aryl methyl sites for hydroxylation is 1. The van der Waals surface area contributed by atoms with Gasteiger partial charge in [0.05, 0.1) is 11.0 Å². The van der Waals surface area contributed by atoms with Crippen molar-refractivity contribution >= 4 is 16.9 Å². The van der Waals surface area contributed by atoms with E-state index in [0.717, 1.165) is 72.4 Å². The molecule has 1 saturated heterocycles. The fraction of sp³-hybridized carbons (Fsp3) is 0.310. The first kappa shape index (κ1) is 21.1. The lowest BCUT2D eigenvalue weighted by Crippen LogP contribution is -2.30. The third-order valence-electron chi connectivity index (χ3n) is 7.19. The van der Waals surface area contributed by atoms with Crippen LogP contribution in [0.25, 0.3) is 33.5 Å². The second kappa shape index (κ2) is 8.39. The molecule has 1 aliphatic heterocycles. The minimum atomic E-state index is -0.228. The van der Waals surface area contributed by atoms with Crippen molar-refractivity contribution in [3.05, 3.63) is 78.1 Å². The van der Waals surface area contributed by atoms with Gasteiger partial charge in [0.2, 0.25) is 5.91 Å². The second-order valence-corrected chi connectivity index (χ2v) is 9.84. The number of amides is 1. The van der Waals surface area contributed by atoms with Crippen LogP contribution in [0.4, 0.5) is 4.39 Å². The molecule has 3 aromatic carbocycles. The highest BCUT2D eigenvalue weighted by Crippen LogP contribution is 2.34. The first-order chi connectivity index (χ1) is 16.5. The molecule has 1 saturated carbocycles. The zero-order valence-corrected chi connectivity index (χ0v) is 19.4. The molecule has 172 valence electrons. The number of likely N-dealkylation sites (tertiary alicyclic amines) is 1. The Morgan fingerprint density at radius 1 is 0.941 bits per heavy atom. The maximum atomic E-state index is 13.3. The molecule has 0 spiro atoms. The predicted octanol–water partition coefficient (Wildman–Crippen LogP) is 6.08. The van der Waals surface area contributed by atoms with E-state index in [1.54, 1.807) is 12.1 Å². The Hall–Kier alpha value is -3.47. The van der Waals surface area contributed by atoms with E-state index < -0.39 is 0 Å². The molecule has 4 aromatic rings. The molecule has 0 radical (unpaired) electrons. The Balaban J connectivity index is 1.31. The van der Waals surface area contributed by atoms with Gasteiger partial charge in [-0.25, -0.2) is 9.37 Å². The van der Waals surface area contributed by atoms with E-state index in [-0.39, 0.29) is 11.7 Å². The number of carbonyl (C=O) groups is 1. The summed E-state index contributed by atoms with van der Waals surface area (Å²) in [7, 11) is 0. The monoisotopic (exact) mass is 453 g/mol. The molecule has 2 fully saturated rings. The van der Waals surface area contributed by atoms with Crippen LogP contribution < -0.4 is 0 Å². The van der Waals surface area contributed by atoms with Gasteiger partial charge in [0.15, 0.2) is 0 Å². The lowest BCUT2D eigenvalue weighted by Gasteiger charge is -2.18. The predicted molar refractivity (Wildman–Crippen MR) is 133 cm³/mol. The summed E-state index contributed by atoms with van der Waals surface area (Å²) in [6.07, 6.45) is 3.15. The normalized spacial score (nSPS) is 18.1. The van der Waals surface area contributed by atoms with Crippen LogP contribution in [0.1, 0.15) is 24.8 Å². The average Bonchev–Trinajstić information content (AvgIpc) is 3.50. The molecular weight excluding hydrogens is 425 g/mol. The fourth-order valence-corrected chi connectivity index (χ4v) is 5.13. The van der Waals surface area contributed by atoms with Gasteiger partial charge < -0.3 is 9.47 Å². The molecule has 0 N–H and O–H groups in total. The Bertz CT molecular complexity index is 1350. The van der Waals surface area contributed by atoms with E-state index in [9.17, 15) is 9.18 Å². The summed E-state index contributed by atoms with van der Waals surface area (Å²) in [5.74, 6) is 1.79. The third kappa shape index (κ3) is 4.00. The van der Waals surface area contributed by atoms with Gasteiger partial charge >= 0.3 is 0 Å². The number of fused-ring (bicyclic) bond motifs is 1. The quantitative estimate of drug-likeness (QED) is 0.367. The number of benzene rings is 3. The first-order valence-electron chi connectivity index (χ1n) is 12.2. The summed E-state index contributed by atoms with van der Waals surface area (Å²) < 4.78 is 15.6. The number of hydrogen-bond acceptors (Lipinski definition) is 2. The summed E-state index contributed by atoms with van der Waals surface area (Å²) in [6.45, 7) is 4.65. The van der Waals surface area contributed by atoms with Gasteiger partial charge in [-0.3, -0.25) is 4.79 Å². The van der Waals surface area contributed by atoms with Gasteiger partial charge in [-0.05, 0) is 73.1 Å². The van der Waals surface area contributed by atoms with Crippen molar-refractivity contribution < 1.29 is 9.18 Å². The fourth-order valence-electron chi connectivity index (χ4n) is 5.13. The van der Waals surface area contributed by atoms with Crippen LogP contribution in [0.3, 0.4) is 0 Å². The Labute approximate surface area is 199 Å². The summed E-state index contributed by atoms with van der Waals surface area (Å²) in [5, 5.41) is 0. The maximum Gasteiger partial charge on any atom is 0.225 e. The molecule has 2 heterocycles. The molecule has 34 heavy (non-hydrogen) atoms. The van der Waals surface area contributed by atoms with Crippen LogP contribution in [-0.2, 0) is 11.3 Å². The number of rotatable bonds is 5. The van der Waals surface area contributed by atoms with E-state index in [2.05, 4.69) is 58.9 Å². The molecule has 1 unspecified atom stereocenters. The Kier molecular flexibility index (Phi) is 5.20. The lowest BCUT2D eigenvalue weighted by atomic mass is 10.0. The van der Waals surface area contributed by atoms with E-state index in [4.69, 9.17) is 4.98 Å². The Morgan fingerprint density at radius 2 is 1.62 bits per heavy atom. The molecule has 5 heteroatoms. The molecule has 4 nitrogen and oxygen atoms in total. The standard InChI is InChI=1S/C29H28FN3O/c1-19-2-13-27-26(16-19)31-28(23-5-3-21(4-6-23)22-9-11-25(30)12-10-22)33(27)18-20-14-15-32(17-20)29(34)24-7-8-24/h2-6,9-13,16,20,24H,7-8,14-15,17-18H2,1H3. The summed E-state index contributed by atoms with van der Waals surface area (Å²) >= 11 is 0. The van der Waals surface area contributed by atoms with Crippen LogP contribution in [0.5, 0.6) is 0 Å². The highest BCUT2D eigenvalue weighted by atomic mass is 19.1. The van der Waals surface area contributed by atoms with Gasteiger partial charge in [0.1, 0.15) is 11.6 Å². The van der Waals surface area contributed by atoms with Gasteiger partial charge in [-0.1, -0.05) is 42.5 Å². The number of imidazole rings is 1. The van der Waals surface area contributed by atoms with Crippen LogP contribution in [0.2, 0.25) is 0 Å². The number of hydrogen-bond donors (Lipinski definition) is 0. The van der Waals surface area contributed by atoms with Crippen LogP contribution in [0, 0.1) is 24.6 Å². The number of halogens is 1. The zero-order chi connectivity index (χ0) is 23.2. The van der Waals surface area contributed by atoms with Crippen molar-refractivity contribution in [3.8, 4) is 22.5 Å². The minimum absolute atomic E-state index is 0.228. The van der Waals surface area contributed by atoms with Crippen LogP contribution in [0.15, 0.2) is 66.7 Å². The van der Waals surface area contributed by atoms with Crippen molar-refractivity contribution in [2.75, 3.05) is 13.1 Å².